The maximum atomic E-state index is 12.9. The fraction of sp³-hybridized carbons (Fsp3) is 0.211. The molecule has 0 aliphatic heterocycles. The number of anilines is 1. The summed E-state index contributed by atoms with van der Waals surface area (Å²) in [5.41, 5.74) is 3.23. The van der Waals surface area contributed by atoms with Crippen LogP contribution in [0.5, 0.6) is 5.75 Å². The summed E-state index contributed by atoms with van der Waals surface area (Å²) in [6.07, 6.45) is 0. The van der Waals surface area contributed by atoms with Gasteiger partial charge >= 0.3 is 0 Å². The third-order valence-electron chi connectivity index (χ3n) is 4.17. The Kier molecular flexibility index (Phi) is 4.49. The standard InChI is InChI=1S/C19H19ClN2O2/c1-4-22-16-8-6-5-7-14(16)12(2)18(22)19(23)21-15-11-13(20)9-10-17(15)24-3/h5-11H,4H2,1-3H3,(H,21,23). The number of benzene rings is 2. The molecule has 0 aliphatic carbocycles. The average Bonchev–Trinajstić information content (AvgIpc) is 2.87. The molecule has 124 valence electrons. The van der Waals surface area contributed by atoms with Crippen LogP contribution in [0.3, 0.4) is 0 Å². The molecule has 0 radical (unpaired) electrons. The van der Waals surface area contributed by atoms with Gasteiger partial charge in [0.1, 0.15) is 11.4 Å². The van der Waals surface area contributed by atoms with E-state index in [0.717, 1.165) is 16.5 Å². The summed E-state index contributed by atoms with van der Waals surface area (Å²) in [4.78, 5) is 12.9. The van der Waals surface area contributed by atoms with Crippen LogP contribution >= 0.6 is 11.6 Å². The Labute approximate surface area is 146 Å². The van der Waals surface area contributed by atoms with E-state index in [2.05, 4.69) is 5.32 Å². The topological polar surface area (TPSA) is 43.3 Å². The predicted octanol–water partition coefficient (Wildman–Crippen LogP) is 4.88. The van der Waals surface area contributed by atoms with Gasteiger partial charge in [0, 0.05) is 22.5 Å². The van der Waals surface area contributed by atoms with Gasteiger partial charge in [0.25, 0.3) is 5.91 Å². The van der Waals surface area contributed by atoms with E-state index in [0.29, 0.717) is 28.7 Å². The molecular formula is C19H19ClN2O2. The van der Waals surface area contributed by atoms with E-state index in [4.69, 9.17) is 16.3 Å². The molecule has 0 aliphatic rings. The highest BCUT2D eigenvalue weighted by Gasteiger charge is 2.20. The SMILES string of the molecule is CCn1c(C(=O)Nc2cc(Cl)ccc2OC)c(C)c2ccccc21. The van der Waals surface area contributed by atoms with Crippen molar-refractivity contribution in [3.05, 3.63) is 58.7 Å². The summed E-state index contributed by atoms with van der Waals surface area (Å²) < 4.78 is 7.33. The van der Waals surface area contributed by atoms with Gasteiger partial charge in [-0.25, -0.2) is 0 Å². The Hall–Kier alpha value is -2.46. The Bertz CT molecular complexity index is 915. The van der Waals surface area contributed by atoms with E-state index >= 15 is 0 Å². The summed E-state index contributed by atoms with van der Waals surface area (Å²) in [6, 6.07) is 13.2. The van der Waals surface area contributed by atoms with Crippen LogP contribution in [-0.2, 0) is 6.54 Å². The summed E-state index contributed by atoms with van der Waals surface area (Å²) >= 11 is 6.05. The summed E-state index contributed by atoms with van der Waals surface area (Å²) in [5.74, 6) is 0.399. The second kappa shape index (κ2) is 6.57. The highest BCUT2D eigenvalue weighted by molar-refractivity contribution is 6.31. The van der Waals surface area contributed by atoms with E-state index in [9.17, 15) is 4.79 Å². The van der Waals surface area contributed by atoms with Crippen molar-refractivity contribution in [2.45, 2.75) is 20.4 Å². The molecule has 0 bridgehead atoms. The zero-order chi connectivity index (χ0) is 17.3. The van der Waals surface area contributed by atoms with Crippen LogP contribution < -0.4 is 10.1 Å². The number of carbonyl (C=O) groups is 1. The fourth-order valence-corrected chi connectivity index (χ4v) is 3.23. The number of aryl methyl sites for hydroxylation is 2. The smallest absolute Gasteiger partial charge is 0.272 e. The van der Waals surface area contributed by atoms with Gasteiger partial charge in [-0.1, -0.05) is 29.8 Å². The molecule has 1 aromatic heterocycles. The van der Waals surface area contributed by atoms with E-state index in [-0.39, 0.29) is 5.91 Å². The van der Waals surface area contributed by atoms with Gasteiger partial charge in [0.2, 0.25) is 0 Å². The Morgan fingerprint density at radius 1 is 1.25 bits per heavy atom. The Morgan fingerprint density at radius 2 is 2.00 bits per heavy atom. The number of carbonyl (C=O) groups excluding carboxylic acids is 1. The molecule has 1 amide bonds. The van der Waals surface area contributed by atoms with Gasteiger partial charge in [-0.15, -0.1) is 0 Å². The van der Waals surface area contributed by atoms with Crippen molar-refractivity contribution < 1.29 is 9.53 Å². The third-order valence-corrected chi connectivity index (χ3v) is 4.40. The number of nitrogens with zero attached hydrogens (tertiary/aromatic N) is 1. The maximum Gasteiger partial charge on any atom is 0.272 e. The molecule has 4 nitrogen and oxygen atoms in total. The molecule has 2 aromatic carbocycles. The predicted molar refractivity (Wildman–Crippen MR) is 98.3 cm³/mol. The lowest BCUT2D eigenvalue weighted by atomic mass is 10.1. The number of amides is 1. The normalized spacial score (nSPS) is 10.8. The van der Waals surface area contributed by atoms with Crippen LogP contribution in [0.4, 0.5) is 5.69 Å². The molecule has 5 heteroatoms. The van der Waals surface area contributed by atoms with Crippen LogP contribution in [0.15, 0.2) is 42.5 Å². The van der Waals surface area contributed by atoms with E-state index in [1.165, 1.54) is 0 Å². The zero-order valence-electron chi connectivity index (χ0n) is 13.9. The van der Waals surface area contributed by atoms with Gasteiger partial charge < -0.3 is 14.6 Å². The van der Waals surface area contributed by atoms with Crippen molar-refractivity contribution >= 4 is 34.1 Å². The quantitative estimate of drug-likeness (QED) is 0.734. The van der Waals surface area contributed by atoms with Crippen molar-refractivity contribution in [1.82, 2.24) is 4.57 Å². The first kappa shape index (κ1) is 16.4. The van der Waals surface area contributed by atoms with Crippen molar-refractivity contribution in [3.63, 3.8) is 0 Å². The number of rotatable bonds is 4. The Morgan fingerprint density at radius 3 is 2.71 bits per heavy atom. The van der Waals surface area contributed by atoms with Gasteiger partial charge in [-0.2, -0.15) is 0 Å². The first-order valence-electron chi connectivity index (χ1n) is 7.79. The highest BCUT2D eigenvalue weighted by atomic mass is 35.5. The largest absolute Gasteiger partial charge is 0.495 e. The van der Waals surface area contributed by atoms with Crippen LogP contribution in [-0.4, -0.2) is 17.6 Å². The molecular weight excluding hydrogens is 324 g/mol. The second-order valence-electron chi connectivity index (χ2n) is 5.53. The van der Waals surface area contributed by atoms with Gasteiger partial charge in [0.05, 0.1) is 12.8 Å². The minimum Gasteiger partial charge on any atom is -0.495 e. The number of methoxy groups -OCH3 is 1. The minimum atomic E-state index is -0.175. The molecule has 0 spiro atoms. The van der Waals surface area contributed by atoms with Gasteiger partial charge in [-0.3, -0.25) is 4.79 Å². The van der Waals surface area contributed by atoms with Gasteiger partial charge in [-0.05, 0) is 43.7 Å². The average molecular weight is 343 g/mol. The molecule has 0 atom stereocenters. The number of hydrogen-bond donors (Lipinski definition) is 1. The molecule has 1 heterocycles. The van der Waals surface area contributed by atoms with Crippen molar-refractivity contribution in [3.8, 4) is 5.75 Å². The Balaban J connectivity index is 2.07. The molecule has 0 saturated heterocycles. The number of nitrogens with one attached hydrogen (secondary N) is 1. The first-order valence-corrected chi connectivity index (χ1v) is 8.17. The van der Waals surface area contributed by atoms with Crippen molar-refractivity contribution in [2.75, 3.05) is 12.4 Å². The van der Waals surface area contributed by atoms with Crippen LogP contribution in [0.1, 0.15) is 23.0 Å². The number of fused-ring (bicyclic) bond motifs is 1. The molecule has 0 saturated carbocycles. The van der Waals surface area contributed by atoms with E-state index in [1.807, 2.05) is 42.7 Å². The lowest BCUT2D eigenvalue weighted by molar-refractivity contribution is 0.101. The summed E-state index contributed by atoms with van der Waals surface area (Å²) in [6.45, 7) is 4.71. The highest BCUT2D eigenvalue weighted by Crippen LogP contribution is 2.30. The fourth-order valence-electron chi connectivity index (χ4n) is 3.06. The van der Waals surface area contributed by atoms with Crippen LogP contribution in [0, 0.1) is 6.92 Å². The van der Waals surface area contributed by atoms with Crippen molar-refractivity contribution in [2.24, 2.45) is 0 Å². The lowest BCUT2D eigenvalue weighted by Crippen LogP contribution is -2.18. The molecule has 24 heavy (non-hydrogen) atoms. The lowest BCUT2D eigenvalue weighted by Gasteiger charge is -2.13. The number of halogens is 1. The van der Waals surface area contributed by atoms with Crippen LogP contribution in [0.2, 0.25) is 5.02 Å². The molecule has 1 N–H and O–H groups in total. The zero-order valence-corrected chi connectivity index (χ0v) is 14.6. The van der Waals surface area contributed by atoms with E-state index in [1.54, 1.807) is 25.3 Å². The number of aromatic nitrogens is 1. The van der Waals surface area contributed by atoms with E-state index < -0.39 is 0 Å². The minimum absolute atomic E-state index is 0.175. The number of hydrogen-bond acceptors (Lipinski definition) is 2. The third kappa shape index (κ3) is 2.74. The monoisotopic (exact) mass is 342 g/mol. The summed E-state index contributed by atoms with van der Waals surface area (Å²) in [5, 5.41) is 4.55. The summed E-state index contributed by atoms with van der Waals surface area (Å²) in [7, 11) is 1.56. The van der Waals surface area contributed by atoms with Gasteiger partial charge in [0.15, 0.2) is 0 Å². The number of ether oxygens (including phenoxy) is 1. The van der Waals surface area contributed by atoms with Crippen LogP contribution in [0.25, 0.3) is 10.9 Å². The second-order valence-corrected chi connectivity index (χ2v) is 5.97. The molecule has 3 rings (SSSR count). The molecule has 0 unspecified atom stereocenters. The first-order chi connectivity index (χ1) is 11.6. The molecule has 0 fully saturated rings. The maximum absolute atomic E-state index is 12.9. The molecule has 3 aromatic rings. The number of para-hydroxylation sites is 1. The van der Waals surface area contributed by atoms with Crippen molar-refractivity contribution in [1.29, 1.82) is 0 Å².